The second-order valence-electron chi connectivity index (χ2n) is 6.05. The number of amides is 1. The van der Waals surface area contributed by atoms with Crippen LogP contribution in [-0.2, 0) is 0 Å². The molecule has 3 N–H and O–H groups in total. The fourth-order valence-electron chi connectivity index (χ4n) is 2.38. The van der Waals surface area contributed by atoms with E-state index >= 15 is 0 Å². The molecule has 27 heavy (non-hydrogen) atoms. The zero-order chi connectivity index (χ0) is 19.6. The lowest BCUT2D eigenvalue weighted by Gasteiger charge is -2.13. The summed E-state index contributed by atoms with van der Waals surface area (Å²) in [6, 6.07) is 7.12. The Kier molecular flexibility index (Phi) is 5.11. The zero-order valence-electron chi connectivity index (χ0n) is 14.5. The number of nitrogens with zero attached hydrogens (tertiary/aromatic N) is 2. The molecule has 0 atom stereocenters. The first kappa shape index (κ1) is 18.4. The molecular formula is C18H16F3N5O. The number of carbonyl (C=O) groups is 1. The van der Waals surface area contributed by atoms with Gasteiger partial charge >= 0.3 is 0 Å². The third-order valence-electron chi connectivity index (χ3n) is 3.59. The van der Waals surface area contributed by atoms with Crippen molar-refractivity contribution in [1.29, 1.82) is 0 Å². The number of H-pyrrole nitrogens is 1. The molecular weight excluding hydrogens is 359 g/mol. The van der Waals surface area contributed by atoms with Gasteiger partial charge in [-0.1, -0.05) is 6.07 Å². The van der Waals surface area contributed by atoms with Gasteiger partial charge < -0.3 is 10.6 Å². The summed E-state index contributed by atoms with van der Waals surface area (Å²) in [5, 5.41) is 12.8. The third-order valence-corrected chi connectivity index (χ3v) is 3.59. The maximum absolute atomic E-state index is 13.8. The van der Waals surface area contributed by atoms with E-state index in [-0.39, 0.29) is 28.9 Å². The molecule has 2 aromatic carbocycles. The van der Waals surface area contributed by atoms with Crippen molar-refractivity contribution in [3.8, 4) is 0 Å². The van der Waals surface area contributed by atoms with E-state index in [1.165, 1.54) is 12.1 Å². The first-order chi connectivity index (χ1) is 12.8. The summed E-state index contributed by atoms with van der Waals surface area (Å²) in [6.07, 6.45) is 0. The van der Waals surface area contributed by atoms with Gasteiger partial charge in [0.05, 0.1) is 0 Å². The highest BCUT2D eigenvalue weighted by Crippen LogP contribution is 2.22. The number of hydrogen-bond donors (Lipinski definition) is 3. The summed E-state index contributed by atoms with van der Waals surface area (Å²) in [7, 11) is 0. The maximum atomic E-state index is 13.8. The molecule has 9 heteroatoms. The van der Waals surface area contributed by atoms with Crippen molar-refractivity contribution >= 4 is 28.6 Å². The average Bonchev–Trinajstić information content (AvgIpc) is 3.01. The topological polar surface area (TPSA) is 82.2 Å². The van der Waals surface area contributed by atoms with Crippen LogP contribution in [-0.4, -0.2) is 28.1 Å². The minimum Gasteiger partial charge on any atom is -0.354 e. The molecule has 0 bridgehead atoms. The molecule has 0 spiro atoms. The quantitative estimate of drug-likeness (QED) is 0.483. The molecule has 1 amide bonds. The number of hydrogen-bond acceptors (Lipinski definition) is 2. The number of aromatic amines is 1. The van der Waals surface area contributed by atoms with Crippen molar-refractivity contribution in [2.24, 2.45) is 4.99 Å². The zero-order valence-corrected chi connectivity index (χ0v) is 14.5. The number of carbonyl (C=O) groups excluding carboxylic acids is 1. The van der Waals surface area contributed by atoms with Crippen LogP contribution in [0.15, 0.2) is 41.4 Å². The van der Waals surface area contributed by atoms with Crippen molar-refractivity contribution in [2.45, 2.75) is 19.9 Å². The fourth-order valence-corrected chi connectivity index (χ4v) is 2.38. The van der Waals surface area contributed by atoms with Crippen molar-refractivity contribution in [2.75, 3.05) is 5.32 Å². The van der Waals surface area contributed by atoms with Crippen LogP contribution < -0.4 is 10.6 Å². The predicted molar refractivity (Wildman–Crippen MR) is 96.1 cm³/mol. The van der Waals surface area contributed by atoms with E-state index in [0.29, 0.717) is 5.39 Å². The van der Waals surface area contributed by atoms with Gasteiger partial charge in [-0.15, -0.1) is 0 Å². The van der Waals surface area contributed by atoms with Gasteiger partial charge in [-0.2, -0.15) is 10.1 Å². The van der Waals surface area contributed by atoms with Crippen LogP contribution >= 0.6 is 0 Å². The second kappa shape index (κ2) is 7.48. The number of nitrogens with one attached hydrogen (secondary N) is 3. The Balaban J connectivity index is 1.93. The molecule has 0 radical (unpaired) electrons. The summed E-state index contributed by atoms with van der Waals surface area (Å²) in [6.45, 7) is 3.64. The Hall–Kier alpha value is -3.36. The fraction of sp³-hybridized carbons (Fsp3) is 0.167. The molecule has 6 nitrogen and oxygen atoms in total. The van der Waals surface area contributed by atoms with Crippen LogP contribution in [0.2, 0.25) is 0 Å². The van der Waals surface area contributed by atoms with Crippen LogP contribution in [0.1, 0.15) is 24.2 Å². The molecule has 0 aliphatic rings. The first-order valence-corrected chi connectivity index (χ1v) is 8.09. The smallest absolute Gasteiger partial charge is 0.280 e. The SMILES string of the molecule is CC(C)N/C(=N/C(=O)c1ccc(F)c(F)c1)Nc1n[nH]c2c(F)cccc12. The molecule has 0 aliphatic carbocycles. The van der Waals surface area contributed by atoms with Crippen LogP contribution in [0.4, 0.5) is 19.0 Å². The van der Waals surface area contributed by atoms with E-state index in [2.05, 4.69) is 25.8 Å². The average molecular weight is 375 g/mol. The van der Waals surface area contributed by atoms with Gasteiger partial charge in [-0.3, -0.25) is 9.89 Å². The predicted octanol–water partition coefficient (Wildman–Crippen LogP) is 3.59. The molecule has 3 rings (SSSR count). The summed E-state index contributed by atoms with van der Waals surface area (Å²) >= 11 is 0. The largest absolute Gasteiger partial charge is 0.354 e. The second-order valence-corrected chi connectivity index (χ2v) is 6.05. The highest BCUT2D eigenvalue weighted by atomic mass is 19.2. The van der Waals surface area contributed by atoms with Gasteiger partial charge in [0, 0.05) is 17.0 Å². The van der Waals surface area contributed by atoms with E-state index in [4.69, 9.17) is 0 Å². The number of para-hydroxylation sites is 1. The number of benzene rings is 2. The summed E-state index contributed by atoms with van der Waals surface area (Å²) in [5.41, 5.74) is 0.0903. The van der Waals surface area contributed by atoms with E-state index in [0.717, 1.165) is 18.2 Å². The number of aromatic nitrogens is 2. The molecule has 1 aromatic heterocycles. The standard InChI is InChI=1S/C18H16F3N5O/c1-9(2)22-18(24-17(27)10-6-7-12(19)14(21)8-10)23-16-11-4-3-5-13(20)15(11)25-26-16/h3-9H,1-2H3,(H3,22,23,24,25,26,27). The third kappa shape index (κ3) is 4.08. The summed E-state index contributed by atoms with van der Waals surface area (Å²) < 4.78 is 40.2. The van der Waals surface area contributed by atoms with Crippen LogP contribution in [0, 0.1) is 17.5 Å². The number of aliphatic imine (C=N–C) groups is 1. The molecule has 0 aliphatic heterocycles. The summed E-state index contributed by atoms with van der Waals surface area (Å²) in [4.78, 5) is 16.2. The Morgan fingerprint density at radius 3 is 2.59 bits per heavy atom. The Morgan fingerprint density at radius 2 is 1.89 bits per heavy atom. The van der Waals surface area contributed by atoms with Crippen LogP contribution in [0.5, 0.6) is 0 Å². The molecule has 140 valence electrons. The normalized spacial score (nSPS) is 11.9. The number of anilines is 1. The molecule has 3 aromatic rings. The Bertz CT molecular complexity index is 1030. The molecule has 1 heterocycles. The highest BCUT2D eigenvalue weighted by molar-refractivity contribution is 6.08. The number of halogens is 3. The monoisotopic (exact) mass is 375 g/mol. The lowest BCUT2D eigenvalue weighted by molar-refractivity contribution is 0.100. The number of fused-ring (bicyclic) bond motifs is 1. The molecule has 0 fully saturated rings. The van der Waals surface area contributed by atoms with Gasteiger partial charge in [0.25, 0.3) is 5.91 Å². The number of rotatable bonds is 3. The lowest BCUT2D eigenvalue weighted by Crippen LogP contribution is -2.36. The van der Waals surface area contributed by atoms with E-state index in [1.807, 2.05) is 13.8 Å². The Morgan fingerprint density at radius 1 is 1.11 bits per heavy atom. The number of guanidine groups is 1. The van der Waals surface area contributed by atoms with Gasteiger partial charge in [0.1, 0.15) is 11.3 Å². The van der Waals surface area contributed by atoms with Crippen LogP contribution in [0.25, 0.3) is 10.9 Å². The van der Waals surface area contributed by atoms with Crippen molar-refractivity contribution < 1.29 is 18.0 Å². The maximum Gasteiger partial charge on any atom is 0.280 e. The van der Waals surface area contributed by atoms with Gasteiger partial charge in [-0.05, 0) is 44.2 Å². The minimum absolute atomic E-state index is 0.0393. The minimum atomic E-state index is -1.14. The van der Waals surface area contributed by atoms with Gasteiger partial charge in [-0.25, -0.2) is 13.2 Å². The van der Waals surface area contributed by atoms with E-state index in [1.54, 1.807) is 6.07 Å². The van der Waals surface area contributed by atoms with Crippen molar-refractivity contribution in [3.05, 3.63) is 59.4 Å². The van der Waals surface area contributed by atoms with Gasteiger partial charge in [0.2, 0.25) is 5.96 Å². The molecule has 0 saturated heterocycles. The first-order valence-electron chi connectivity index (χ1n) is 8.09. The highest BCUT2D eigenvalue weighted by Gasteiger charge is 2.14. The Labute approximate surface area is 152 Å². The summed E-state index contributed by atoms with van der Waals surface area (Å²) in [5.74, 6) is -3.15. The van der Waals surface area contributed by atoms with Crippen molar-refractivity contribution in [3.63, 3.8) is 0 Å². The lowest BCUT2D eigenvalue weighted by atomic mass is 10.2. The van der Waals surface area contributed by atoms with Crippen LogP contribution in [0.3, 0.4) is 0 Å². The molecule has 0 unspecified atom stereocenters. The van der Waals surface area contributed by atoms with Gasteiger partial charge in [0.15, 0.2) is 17.5 Å². The van der Waals surface area contributed by atoms with Crippen molar-refractivity contribution in [1.82, 2.24) is 15.5 Å². The van der Waals surface area contributed by atoms with E-state index in [9.17, 15) is 18.0 Å². The molecule has 0 saturated carbocycles. The van der Waals surface area contributed by atoms with E-state index < -0.39 is 23.4 Å².